The molecule has 0 saturated heterocycles. The minimum Gasteiger partial charge on any atom is -0.383 e. The van der Waals surface area contributed by atoms with Gasteiger partial charge in [0.05, 0.1) is 15.6 Å². The van der Waals surface area contributed by atoms with Gasteiger partial charge in [0.15, 0.2) is 5.82 Å². The Labute approximate surface area is 120 Å². The highest BCUT2D eigenvalue weighted by Crippen LogP contribution is 2.28. The van der Waals surface area contributed by atoms with Crippen LogP contribution in [-0.4, -0.2) is 9.97 Å². The molecule has 2 N–H and O–H groups in total. The summed E-state index contributed by atoms with van der Waals surface area (Å²) in [7, 11) is 0. The van der Waals surface area contributed by atoms with Gasteiger partial charge < -0.3 is 5.73 Å². The van der Waals surface area contributed by atoms with Gasteiger partial charge in [-0.1, -0.05) is 35.3 Å². The Hall–Kier alpha value is -1.84. The molecule has 3 rings (SSSR count). The highest BCUT2D eigenvalue weighted by molar-refractivity contribution is 6.42. The summed E-state index contributed by atoms with van der Waals surface area (Å²) in [6.07, 6.45) is 0. The minimum atomic E-state index is 0.451. The number of aromatic nitrogens is 2. The standard InChI is InChI=1S/C14H9Cl2N3/c15-10-6-5-8(7-11(10)16)14-18-12-4-2-1-3-9(12)13(17)19-14/h1-7H,(H2,17,18,19). The molecule has 0 aliphatic heterocycles. The third kappa shape index (κ3) is 2.23. The number of nitrogens with zero attached hydrogens (tertiary/aromatic N) is 2. The highest BCUT2D eigenvalue weighted by Gasteiger charge is 2.08. The number of halogens is 2. The Morgan fingerprint density at radius 3 is 2.47 bits per heavy atom. The fraction of sp³-hybridized carbons (Fsp3) is 0. The number of nitrogen functional groups attached to an aromatic ring is 1. The predicted molar refractivity (Wildman–Crippen MR) is 79.4 cm³/mol. The number of anilines is 1. The maximum Gasteiger partial charge on any atom is 0.162 e. The van der Waals surface area contributed by atoms with Gasteiger partial charge in [-0.05, 0) is 30.3 Å². The minimum absolute atomic E-state index is 0.451. The van der Waals surface area contributed by atoms with E-state index in [0.717, 1.165) is 16.5 Å². The van der Waals surface area contributed by atoms with Gasteiger partial charge in [0.1, 0.15) is 5.82 Å². The molecule has 94 valence electrons. The van der Waals surface area contributed by atoms with Crippen LogP contribution >= 0.6 is 23.2 Å². The average Bonchev–Trinajstić information content (AvgIpc) is 2.42. The van der Waals surface area contributed by atoms with Crippen molar-refractivity contribution in [2.24, 2.45) is 0 Å². The molecule has 3 aromatic rings. The van der Waals surface area contributed by atoms with Gasteiger partial charge in [-0.2, -0.15) is 0 Å². The van der Waals surface area contributed by atoms with Crippen LogP contribution < -0.4 is 5.73 Å². The summed E-state index contributed by atoms with van der Waals surface area (Å²) in [5.41, 5.74) is 7.54. The quantitative estimate of drug-likeness (QED) is 0.731. The Bertz CT molecular complexity index is 772. The first kappa shape index (κ1) is 12.2. The summed E-state index contributed by atoms with van der Waals surface area (Å²) in [4.78, 5) is 8.79. The van der Waals surface area contributed by atoms with Crippen LogP contribution in [0.4, 0.5) is 5.82 Å². The van der Waals surface area contributed by atoms with Crippen molar-refractivity contribution in [3.05, 3.63) is 52.5 Å². The van der Waals surface area contributed by atoms with E-state index in [4.69, 9.17) is 28.9 Å². The molecule has 0 aliphatic carbocycles. The number of nitrogens with two attached hydrogens (primary N) is 1. The van der Waals surface area contributed by atoms with Crippen molar-refractivity contribution in [1.29, 1.82) is 0 Å². The van der Waals surface area contributed by atoms with E-state index >= 15 is 0 Å². The first-order valence-electron chi connectivity index (χ1n) is 5.63. The molecule has 0 amide bonds. The van der Waals surface area contributed by atoms with Crippen LogP contribution in [0, 0.1) is 0 Å². The molecule has 0 atom stereocenters. The van der Waals surface area contributed by atoms with Crippen LogP contribution in [0.3, 0.4) is 0 Å². The van der Waals surface area contributed by atoms with Gasteiger partial charge in [-0.25, -0.2) is 9.97 Å². The number of para-hydroxylation sites is 1. The zero-order chi connectivity index (χ0) is 13.4. The lowest BCUT2D eigenvalue weighted by molar-refractivity contribution is 1.23. The third-order valence-electron chi connectivity index (χ3n) is 2.81. The molecule has 0 aliphatic rings. The molecule has 1 aromatic heterocycles. The van der Waals surface area contributed by atoms with E-state index in [1.165, 1.54) is 0 Å². The highest BCUT2D eigenvalue weighted by atomic mass is 35.5. The van der Waals surface area contributed by atoms with E-state index in [1.54, 1.807) is 12.1 Å². The predicted octanol–water partition coefficient (Wildman–Crippen LogP) is 4.19. The number of hydrogen-bond acceptors (Lipinski definition) is 3. The van der Waals surface area contributed by atoms with Crippen LogP contribution in [0.1, 0.15) is 0 Å². The molecule has 0 spiro atoms. The number of hydrogen-bond donors (Lipinski definition) is 1. The van der Waals surface area contributed by atoms with E-state index in [9.17, 15) is 0 Å². The number of fused-ring (bicyclic) bond motifs is 1. The van der Waals surface area contributed by atoms with Gasteiger partial charge in [0.2, 0.25) is 0 Å². The Balaban J connectivity index is 2.22. The first-order chi connectivity index (χ1) is 9.15. The molecule has 2 aromatic carbocycles. The zero-order valence-electron chi connectivity index (χ0n) is 9.77. The topological polar surface area (TPSA) is 51.8 Å². The van der Waals surface area contributed by atoms with Crippen molar-refractivity contribution in [2.75, 3.05) is 5.73 Å². The van der Waals surface area contributed by atoms with Crippen LogP contribution in [0.15, 0.2) is 42.5 Å². The van der Waals surface area contributed by atoms with E-state index < -0.39 is 0 Å². The monoisotopic (exact) mass is 289 g/mol. The molecule has 3 nitrogen and oxygen atoms in total. The summed E-state index contributed by atoms with van der Waals surface area (Å²) in [6, 6.07) is 12.9. The fourth-order valence-electron chi connectivity index (χ4n) is 1.87. The summed E-state index contributed by atoms with van der Waals surface area (Å²) in [5, 5.41) is 1.81. The SMILES string of the molecule is Nc1nc(-c2ccc(Cl)c(Cl)c2)nc2ccccc12. The second-order valence-corrected chi connectivity index (χ2v) is 4.89. The molecule has 5 heteroatoms. The number of rotatable bonds is 1. The Morgan fingerprint density at radius 2 is 1.68 bits per heavy atom. The molecule has 0 bridgehead atoms. The smallest absolute Gasteiger partial charge is 0.162 e. The first-order valence-corrected chi connectivity index (χ1v) is 6.38. The Morgan fingerprint density at radius 1 is 0.895 bits per heavy atom. The van der Waals surface area contributed by atoms with Crippen LogP contribution in [0.5, 0.6) is 0 Å². The summed E-state index contributed by atoms with van der Waals surface area (Å²) in [5.74, 6) is 0.987. The lowest BCUT2D eigenvalue weighted by Crippen LogP contribution is -1.97. The summed E-state index contributed by atoms with van der Waals surface area (Å²) in [6.45, 7) is 0. The lowest BCUT2D eigenvalue weighted by Gasteiger charge is -2.06. The van der Waals surface area contributed by atoms with Crippen LogP contribution in [-0.2, 0) is 0 Å². The lowest BCUT2D eigenvalue weighted by atomic mass is 10.2. The summed E-state index contributed by atoms with van der Waals surface area (Å²) >= 11 is 11.9. The van der Waals surface area contributed by atoms with Crippen molar-refractivity contribution in [2.45, 2.75) is 0 Å². The van der Waals surface area contributed by atoms with Crippen molar-refractivity contribution < 1.29 is 0 Å². The molecule has 0 unspecified atom stereocenters. The third-order valence-corrected chi connectivity index (χ3v) is 3.55. The molecule has 19 heavy (non-hydrogen) atoms. The van der Waals surface area contributed by atoms with Crippen LogP contribution in [0.2, 0.25) is 10.0 Å². The van der Waals surface area contributed by atoms with E-state index in [2.05, 4.69) is 9.97 Å². The zero-order valence-corrected chi connectivity index (χ0v) is 11.3. The van der Waals surface area contributed by atoms with E-state index in [0.29, 0.717) is 21.7 Å². The summed E-state index contributed by atoms with van der Waals surface area (Å²) < 4.78 is 0. The van der Waals surface area contributed by atoms with Crippen molar-refractivity contribution in [3.63, 3.8) is 0 Å². The largest absolute Gasteiger partial charge is 0.383 e. The molecular formula is C14H9Cl2N3. The van der Waals surface area contributed by atoms with Crippen LogP contribution in [0.25, 0.3) is 22.3 Å². The van der Waals surface area contributed by atoms with Gasteiger partial charge in [0, 0.05) is 10.9 Å². The molecular weight excluding hydrogens is 281 g/mol. The second kappa shape index (κ2) is 4.68. The molecule has 1 heterocycles. The maximum atomic E-state index is 6.00. The molecule has 0 saturated carbocycles. The normalized spacial score (nSPS) is 10.8. The number of benzene rings is 2. The van der Waals surface area contributed by atoms with Crippen molar-refractivity contribution >= 4 is 39.9 Å². The average molecular weight is 290 g/mol. The fourth-order valence-corrected chi connectivity index (χ4v) is 2.16. The Kier molecular flexibility index (Phi) is 3.01. The maximum absolute atomic E-state index is 6.00. The van der Waals surface area contributed by atoms with E-state index in [-0.39, 0.29) is 0 Å². The van der Waals surface area contributed by atoms with Gasteiger partial charge in [0.25, 0.3) is 0 Å². The van der Waals surface area contributed by atoms with Gasteiger partial charge in [-0.3, -0.25) is 0 Å². The molecule has 0 radical (unpaired) electrons. The van der Waals surface area contributed by atoms with Gasteiger partial charge in [-0.15, -0.1) is 0 Å². The second-order valence-electron chi connectivity index (χ2n) is 4.08. The van der Waals surface area contributed by atoms with Gasteiger partial charge >= 0.3 is 0 Å². The van der Waals surface area contributed by atoms with Crippen molar-refractivity contribution in [3.8, 4) is 11.4 Å². The van der Waals surface area contributed by atoms with E-state index in [1.807, 2.05) is 30.3 Å². The van der Waals surface area contributed by atoms with Crippen molar-refractivity contribution in [1.82, 2.24) is 9.97 Å². The molecule has 0 fully saturated rings.